The summed E-state index contributed by atoms with van der Waals surface area (Å²) in [4.78, 5) is 0. The molecule has 1 aromatic rings. The lowest BCUT2D eigenvalue weighted by atomic mass is 10.2. The molecule has 0 amide bonds. The van der Waals surface area contributed by atoms with Crippen molar-refractivity contribution in [3.63, 3.8) is 0 Å². The fourth-order valence-electron chi connectivity index (χ4n) is 1.27. The molecule has 1 aromatic carbocycles. The number of rotatable bonds is 5. The molecule has 15 heavy (non-hydrogen) atoms. The van der Waals surface area contributed by atoms with E-state index in [-0.39, 0.29) is 0 Å². The molecule has 1 unspecified atom stereocenters. The van der Waals surface area contributed by atoms with Crippen LogP contribution in [0.5, 0.6) is 0 Å². The quantitative estimate of drug-likeness (QED) is 0.779. The van der Waals surface area contributed by atoms with E-state index < -0.39 is 0 Å². The Kier molecular flexibility index (Phi) is 5.12. The molecule has 0 heterocycles. The van der Waals surface area contributed by atoms with Gasteiger partial charge in [0, 0.05) is 16.8 Å². The van der Waals surface area contributed by atoms with Crippen LogP contribution >= 0.6 is 23.4 Å². The van der Waals surface area contributed by atoms with Crippen LogP contribution in [0.2, 0.25) is 5.02 Å². The maximum atomic E-state index is 5.84. The van der Waals surface area contributed by atoms with Crippen molar-refractivity contribution in [3.05, 3.63) is 23.2 Å². The first kappa shape index (κ1) is 12.5. The summed E-state index contributed by atoms with van der Waals surface area (Å²) in [6.45, 7) is 4.31. The van der Waals surface area contributed by atoms with E-state index in [4.69, 9.17) is 17.3 Å². The van der Waals surface area contributed by atoms with Crippen LogP contribution in [0.3, 0.4) is 0 Å². The predicted molar refractivity (Wildman–Crippen MR) is 71.9 cm³/mol. The number of hydrogen-bond acceptors (Lipinski definition) is 3. The highest BCUT2D eigenvalue weighted by molar-refractivity contribution is 7.99. The van der Waals surface area contributed by atoms with Crippen LogP contribution in [0.15, 0.2) is 18.2 Å². The second kappa shape index (κ2) is 6.13. The molecule has 3 N–H and O–H groups in total. The third-order valence-electron chi connectivity index (χ3n) is 1.99. The molecular formula is C11H17ClN2S. The van der Waals surface area contributed by atoms with Crippen LogP contribution in [0, 0.1) is 0 Å². The summed E-state index contributed by atoms with van der Waals surface area (Å²) in [7, 11) is 0. The van der Waals surface area contributed by atoms with Gasteiger partial charge in [-0.25, -0.2) is 0 Å². The average molecular weight is 245 g/mol. The molecule has 0 saturated carbocycles. The van der Waals surface area contributed by atoms with Gasteiger partial charge in [0.05, 0.1) is 11.4 Å². The third-order valence-corrected chi connectivity index (χ3v) is 3.37. The smallest absolute Gasteiger partial charge is 0.0577 e. The number of nitrogens with two attached hydrogens (primary N) is 1. The van der Waals surface area contributed by atoms with Crippen molar-refractivity contribution in [2.45, 2.75) is 19.9 Å². The largest absolute Gasteiger partial charge is 0.397 e. The summed E-state index contributed by atoms with van der Waals surface area (Å²) in [6.07, 6.45) is 0. The van der Waals surface area contributed by atoms with Crippen molar-refractivity contribution in [3.8, 4) is 0 Å². The summed E-state index contributed by atoms with van der Waals surface area (Å²) < 4.78 is 0. The number of nitrogen functional groups attached to an aromatic ring is 1. The van der Waals surface area contributed by atoms with E-state index in [9.17, 15) is 0 Å². The Morgan fingerprint density at radius 3 is 2.87 bits per heavy atom. The fraction of sp³-hybridized carbons (Fsp3) is 0.455. The SMILES string of the molecule is CCSCC(C)Nc1ccc(Cl)cc1N. The highest BCUT2D eigenvalue weighted by Gasteiger charge is 2.04. The lowest BCUT2D eigenvalue weighted by Gasteiger charge is -2.16. The Labute approximate surface area is 101 Å². The first-order valence-corrected chi connectivity index (χ1v) is 6.56. The molecule has 0 aromatic heterocycles. The van der Waals surface area contributed by atoms with Gasteiger partial charge in [0.2, 0.25) is 0 Å². The van der Waals surface area contributed by atoms with Gasteiger partial charge in [-0.3, -0.25) is 0 Å². The molecule has 0 fully saturated rings. The summed E-state index contributed by atoms with van der Waals surface area (Å²) in [5.74, 6) is 2.22. The second-order valence-electron chi connectivity index (χ2n) is 3.44. The number of nitrogens with one attached hydrogen (secondary N) is 1. The van der Waals surface area contributed by atoms with Crippen molar-refractivity contribution >= 4 is 34.7 Å². The molecule has 0 aliphatic rings. The van der Waals surface area contributed by atoms with Gasteiger partial charge in [-0.2, -0.15) is 11.8 Å². The normalized spacial score (nSPS) is 12.5. The molecule has 0 aliphatic heterocycles. The van der Waals surface area contributed by atoms with E-state index in [0.29, 0.717) is 16.8 Å². The van der Waals surface area contributed by atoms with E-state index in [1.54, 1.807) is 6.07 Å². The highest BCUT2D eigenvalue weighted by Crippen LogP contribution is 2.23. The van der Waals surface area contributed by atoms with E-state index in [0.717, 1.165) is 17.2 Å². The van der Waals surface area contributed by atoms with Gasteiger partial charge in [0.25, 0.3) is 0 Å². The first-order valence-electron chi connectivity index (χ1n) is 5.02. The zero-order chi connectivity index (χ0) is 11.3. The maximum absolute atomic E-state index is 5.84. The lowest BCUT2D eigenvalue weighted by Crippen LogP contribution is -2.18. The molecule has 2 nitrogen and oxygen atoms in total. The summed E-state index contributed by atoms with van der Waals surface area (Å²) in [5, 5.41) is 4.04. The van der Waals surface area contributed by atoms with Crippen LogP contribution in [0.25, 0.3) is 0 Å². The maximum Gasteiger partial charge on any atom is 0.0577 e. The van der Waals surface area contributed by atoms with Crippen molar-refractivity contribution < 1.29 is 0 Å². The van der Waals surface area contributed by atoms with Crippen molar-refractivity contribution in [1.82, 2.24) is 0 Å². The van der Waals surface area contributed by atoms with Crippen LogP contribution in [0.1, 0.15) is 13.8 Å². The average Bonchev–Trinajstić information content (AvgIpc) is 2.19. The summed E-state index contributed by atoms with van der Waals surface area (Å²) in [6, 6.07) is 5.95. The van der Waals surface area contributed by atoms with Gasteiger partial charge in [-0.1, -0.05) is 18.5 Å². The van der Waals surface area contributed by atoms with Gasteiger partial charge < -0.3 is 11.1 Å². The molecule has 1 atom stereocenters. The molecule has 0 spiro atoms. The number of thioether (sulfide) groups is 1. The minimum Gasteiger partial charge on any atom is -0.397 e. The molecule has 1 rings (SSSR count). The Bertz CT molecular complexity index is 317. The molecule has 0 radical (unpaired) electrons. The summed E-state index contributed by atoms with van der Waals surface area (Å²) in [5.41, 5.74) is 7.51. The van der Waals surface area contributed by atoms with Crippen LogP contribution < -0.4 is 11.1 Å². The molecular weight excluding hydrogens is 228 g/mol. The molecule has 0 saturated heterocycles. The van der Waals surface area contributed by atoms with E-state index in [2.05, 4.69) is 19.2 Å². The van der Waals surface area contributed by atoms with Gasteiger partial charge >= 0.3 is 0 Å². The van der Waals surface area contributed by atoms with Crippen molar-refractivity contribution in [2.24, 2.45) is 0 Å². The molecule has 0 bridgehead atoms. The molecule has 4 heteroatoms. The van der Waals surface area contributed by atoms with Crippen LogP contribution in [-0.4, -0.2) is 17.5 Å². The third kappa shape index (κ3) is 4.22. The van der Waals surface area contributed by atoms with E-state index in [1.165, 1.54) is 0 Å². The lowest BCUT2D eigenvalue weighted by molar-refractivity contribution is 0.914. The minimum absolute atomic E-state index is 0.415. The van der Waals surface area contributed by atoms with E-state index in [1.807, 2.05) is 23.9 Å². The number of benzene rings is 1. The van der Waals surface area contributed by atoms with E-state index >= 15 is 0 Å². The van der Waals surface area contributed by atoms with Crippen molar-refractivity contribution in [2.75, 3.05) is 22.6 Å². The minimum atomic E-state index is 0.415. The highest BCUT2D eigenvalue weighted by atomic mass is 35.5. The van der Waals surface area contributed by atoms with Gasteiger partial charge in [-0.15, -0.1) is 0 Å². The van der Waals surface area contributed by atoms with Gasteiger partial charge in [0.15, 0.2) is 0 Å². The first-order chi connectivity index (χ1) is 7.13. The zero-order valence-electron chi connectivity index (χ0n) is 9.09. The van der Waals surface area contributed by atoms with Crippen LogP contribution in [-0.2, 0) is 0 Å². The van der Waals surface area contributed by atoms with Crippen molar-refractivity contribution in [1.29, 1.82) is 0 Å². The number of halogens is 1. The monoisotopic (exact) mass is 244 g/mol. The zero-order valence-corrected chi connectivity index (χ0v) is 10.7. The van der Waals surface area contributed by atoms with Crippen LogP contribution in [0.4, 0.5) is 11.4 Å². The topological polar surface area (TPSA) is 38.0 Å². The Morgan fingerprint density at radius 1 is 1.53 bits per heavy atom. The second-order valence-corrected chi connectivity index (χ2v) is 5.19. The molecule has 84 valence electrons. The predicted octanol–water partition coefficient (Wildman–Crippen LogP) is 3.48. The van der Waals surface area contributed by atoms with Gasteiger partial charge in [0.1, 0.15) is 0 Å². The standard InChI is InChI=1S/C11H17ClN2S/c1-3-15-7-8(2)14-11-5-4-9(12)6-10(11)13/h4-6,8,14H,3,7,13H2,1-2H3. The molecule has 0 aliphatic carbocycles. The Morgan fingerprint density at radius 2 is 2.27 bits per heavy atom. The van der Waals surface area contributed by atoms with Gasteiger partial charge in [-0.05, 0) is 30.9 Å². The fourth-order valence-corrected chi connectivity index (χ4v) is 2.12. The Balaban J connectivity index is 2.56. The number of hydrogen-bond donors (Lipinski definition) is 2. The Hall–Kier alpha value is -0.540. The number of anilines is 2. The summed E-state index contributed by atoms with van der Waals surface area (Å²) >= 11 is 7.74.